The normalized spacial score (nSPS) is 11.2. The number of aryl methyl sites for hydroxylation is 1. The summed E-state index contributed by atoms with van der Waals surface area (Å²) in [6.07, 6.45) is 4.21. The minimum Gasteiger partial charge on any atom is -0.497 e. The van der Waals surface area contributed by atoms with E-state index < -0.39 is 10.0 Å². The van der Waals surface area contributed by atoms with Crippen LogP contribution in [0.3, 0.4) is 0 Å². The first kappa shape index (κ1) is 21.7. The van der Waals surface area contributed by atoms with Crippen molar-refractivity contribution in [3.05, 3.63) is 41.3 Å². The highest BCUT2D eigenvalue weighted by Crippen LogP contribution is 2.32. The number of aromatic nitrogens is 4. The molecule has 1 aromatic carbocycles. The predicted molar refractivity (Wildman–Crippen MR) is 118 cm³/mol. The summed E-state index contributed by atoms with van der Waals surface area (Å²) in [7, 11) is -2.02. The number of nitrogens with zero attached hydrogens (tertiary/aromatic N) is 4. The van der Waals surface area contributed by atoms with Gasteiger partial charge < -0.3 is 15.4 Å². The topological polar surface area (TPSA) is 123 Å². The van der Waals surface area contributed by atoms with E-state index in [4.69, 9.17) is 16.3 Å². The summed E-state index contributed by atoms with van der Waals surface area (Å²) in [5.41, 5.74) is 2.46. The molecule has 0 fully saturated rings. The van der Waals surface area contributed by atoms with E-state index in [9.17, 15) is 8.42 Å². The summed E-state index contributed by atoms with van der Waals surface area (Å²) in [6, 6.07) is 4.90. The second kappa shape index (κ2) is 8.76. The van der Waals surface area contributed by atoms with Gasteiger partial charge in [0.25, 0.3) is 0 Å². The molecular weight excluding hydrogens is 430 g/mol. The van der Waals surface area contributed by atoms with Crippen molar-refractivity contribution in [2.45, 2.75) is 20.4 Å². The van der Waals surface area contributed by atoms with Crippen LogP contribution in [0.4, 0.5) is 28.8 Å². The zero-order chi connectivity index (χ0) is 21.9. The number of anilines is 5. The summed E-state index contributed by atoms with van der Waals surface area (Å²) in [5, 5.41) is 10.7. The van der Waals surface area contributed by atoms with E-state index >= 15 is 0 Å². The molecule has 0 bridgehead atoms. The first-order valence-corrected chi connectivity index (χ1v) is 11.2. The summed E-state index contributed by atoms with van der Waals surface area (Å²) in [6.45, 7) is 4.69. The van der Waals surface area contributed by atoms with E-state index in [-0.39, 0.29) is 5.02 Å². The molecule has 0 amide bonds. The Morgan fingerprint density at radius 2 is 1.93 bits per heavy atom. The molecule has 0 aliphatic heterocycles. The molecule has 3 aromatic rings. The molecule has 0 spiro atoms. The number of hydrogen-bond acceptors (Lipinski definition) is 8. The van der Waals surface area contributed by atoms with Crippen LogP contribution in [0.25, 0.3) is 0 Å². The fraction of sp³-hybridized carbons (Fsp3) is 0.278. The Hall–Kier alpha value is -3.05. The first-order valence-electron chi connectivity index (χ1n) is 8.95. The van der Waals surface area contributed by atoms with Crippen LogP contribution in [0.15, 0.2) is 30.6 Å². The largest absolute Gasteiger partial charge is 0.497 e. The van der Waals surface area contributed by atoms with E-state index in [1.165, 1.54) is 13.3 Å². The molecule has 2 heterocycles. The number of sulfonamides is 1. The highest BCUT2D eigenvalue weighted by Gasteiger charge is 2.14. The Morgan fingerprint density at radius 3 is 2.57 bits per heavy atom. The molecule has 30 heavy (non-hydrogen) atoms. The molecule has 0 unspecified atom stereocenters. The second-order valence-corrected chi connectivity index (χ2v) is 8.54. The van der Waals surface area contributed by atoms with E-state index in [1.807, 2.05) is 18.5 Å². The Morgan fingerprint density at radius 1 is 1.17 bits per heavy atom. The summed E-state index contributed by atoms with van der Waals surface area (Å²) < 4.78 is 32.9. The molecule has 0 atom stereocenters. The molecule has 10 nitrogen and oxygen atoms in total. The monoisotopic (exact) mass is 451 g/mol. The molecule has 0 aliphatic rings. The third kappa shape index (κ3) is 5.10. The maximum atomic E-state index is 11.7. The van der Waals surface area contributed by atoms with Crippen LogP contribution in [0.1, 0.15) is 12.6 Å². The van der Waals surface area contributed by atoms with E-state index in [1.54, 1.807) is 24.4 Å². The molecule has 0 aliphatic carbocycles. The highest BCUT2D eigenvalue weighted by molar-refractivity contribution is 7.92. The van der Waals surface area contributed by atoms with Crippen LogP contribution in [-0.2, 0) is 16.6 Å². The van der Waals surface area contributed by atoms with Gasteiger partial charge in [-0.25, -0.2) is 13.4 Å². The van der Waals surface area contributed by atoms with Crippen molar-refractivity contribution in [2.75, 3.05) is 28.7 Å². The molecule has 3 rings (SSSR count). The van der Waals surface area contributed by atoms with Crippen molar-refractivity contribution in [1.29, 1.82) is 0 Å². The summed E-state index contributed by atoms with van der Waals surface area (Å²) >= 11 is 6.26. The fourth-order valence-corrected chi connectivity index (χ4v) is 3.40. The summed E-state index contributed by atoms with van der Waals surface area (Å²) in [5.74, 6) is 1.11. The lowest BCUT2D eigenvalue weighted by Crippen LogP contribution is -2.11. The van der Waals surface area contributed by atoms with Gasteiger partial charge in [-0.2, -0.15) is 10.1 Å². The lowest BCUT2D eigenvalue weighted by molar-refractivity contribution is 0.415. The minimum absolute atomic E-state index is 0.266. The standard InChI is InChI=1S/C18H22ClN7O3S/c1-5-26-11(2)16(10-21-26)23-18-20-9-13(19)17(24-18)22-14-7-6-12(29-3)8-15(14)25-30(4,27)28/h6-10,25H,5H2,1-4H3,(H2,20,22,23,24). The number of ether oxygens (including phenoxy) is 1. The Bertz CT molecular complexity index is 1160. The molecule has 2 aromatic heterocycles. The third-order valence-corrected chi connectivity index (χ3v) is 5.04. The zero-order valence-electron chi connectivity index (χ0n) is 16.9. The van der Waals surface area contributed by atoms with Gasteiger partial charge >= 0.3 is 0 Å². The molecular formula is C18H22ClN7O3S. The van der Waals surface area contributed by atoms with Crippen molar-refractivity contribution >= 4 is 50.5 Å². The third-order valence-electron chi connectivity index (χ3n) is 4.17. The maximum absolute atomic E-state index is 11.7. The molecule has 0 saturated heterocycles. The van der Waals surface area contributed by atoms with E-state index in [0.717, 1.165) is 24.2 Å². The van der Waals surface area contributed by atoms with E-state index in [2.05, 4.69) is 30.4 Å². The highest BCUT2D eigenvalue weighted by atomic mass is 35.5. The van der Waals surface area contributed by atoms with Crippen molar-refractivity contribution in [3.63, 3.8) is 0 Å². The summed E-state index contributed by atoms with van der Waals surface area (Å²) in [4.78, 5) is 8.61. The molecule has 0 radical (unpaired) electrons. The number of nitrogens with one attached hydrogen (secondary N) is 3. The van der Waals surface area contributed by atoms with Gasteiger partial charge in [-0.15, -0.1) is 0 Å². The van der Waals surface area contributed by atoms with Gasteiger partial charge in [0.2, 0.25) is 16.0 Å². The smallest absolute Gasteiger partial charge is 0.229 e. The van der Waals surface area contributed by atoms with Crippen molar-refractivity contribution < 1.29 is 13.2 Å². The van der Waals surface area contributed by atoms with Gasteiger partial charge in [0.05, 0.1) is 48.5 Å². The minimum atomic E-state index is -3.51. The van der Waals surface area contributed by atoms with Crippen LogP contribution in [-0.4, -0.2) is 41.5 Å². The Labute approximate surface area is 179 Å². The second-order valence-electron chi connectivity index (χ2n) is 6.39. The Kier molecular flexibility index (Phi) is 6.32. The SMILES string of the molecule is CCn1ncc(Nc2ncc(Cl)c(Nc3ccc(OC)cc3NS(C)(=O)=O)n2)c1C. The quantitative estimate of drug-likeness (QED) is 0.475. The van der Waals surface area contributed by atoms with Crippen LogP contribution in [0.2, 0.25) is 5.02 Å². The van der Waals surface area contributed by atoms with Crippen LogP contribution in [0, 0.1) is 6.92 Å². The van der Waals surface area contributed by atoms with Gasteiger partial charge in [-0.1, -0.05) is 11.6 Å². The van der Waals surface area contributed by atoms with Crippen molar-refractivity contribution in [2.24, 2.45) is 0 Å². The van der Waals surface area contributed by atoms with Gasteiger partial charge in [-0.3, -0.25) is 9.40 Å². The van der Waals surface area contributed by atoms with Crippen LogP contribution in [0.5, 0.6) is 5.75 Å². The zero-order valence-corrected chi connectivity index (χ0v) is 18.5. The predicted octanol–water partition coefficient (Wildman–Crippen LogP) is 3.52. The van der Waals surface area contributed by atoms with Crippen molar-refractivity contribution in [3.8, 4) is 5.75 Å². The molecule has 12 heteroatoms. The van der Waals surface area contributed by atoms with Gasteiger partial charge in [-0.05, 0) is 26.0 Å². The number of methoxy groups -OCH3 is 1. The number of hydrogen-bond donors (Lipinski definition) is 3. The van der Waals surface area contributed by atoms with Gasteiger partial charge in [0.1, 0.15) is 10.8 Å². The lowest BCUT2D eigenvalue weighted by Gasteiger charge is -2.15. The number of halogens is 1. The average Bonchev–Trinajstić information content (AvgIpc) is 3.04. The molecule has 160 valence electrons. The van der Waals surface area contributed by atoms with Crippen LogP contribution < -0.4 is 20.1 Å². The van der Waals surface area contributed by atoms with E-state index in [0.29, 0.717) is 28.9 Å². The molecule has 0 saturated carbocycles. The number of benzene rings is 1. The maximum Gasteiger partial charge on any atom is 0.229 e. The van der Waals surface area contributed by atoms with Gasteiger partial charge in [0.15, 0.2) is 5.82 Å². The van der Waals surface area contributed by atoms with Gasteiger partial charge in [0, 0.05) is 12.6 Å². The average molecular weight is 452 g/mol. The molecule has 3 N–H and O–H groups in total. The van der Waals surface area contributed by atoms with Crippen molar-refractivity contribution in [1.82, 2.24) is 19.7 Å². The fourth-order valence-electron chi connectivity index (χ4n) is 2.69. The number of rotatable bonds is 8. The Balaban J connectivity index is 1.91. The van der Waals surface area contributed by atoms with Crippen LogP contribution >= 0.6 is 11.6 Å². The first-order chi connectivity index (χ1) is 14.2. The lowest BCUT2D eigenvalue weighted by atomic mass is 10.2.